The van der Waals surface area contributed by atoms with E-state index in [4.69, 9.17) is 14.2 Å². The highest BCUT2D eigenvalue weighted by Crippen LogP contribution is 2.22. The number of ether oxygens (including phenoxy) is 4. The van der Waals surface area contributed by atoms with Gasteiger partial charge in [-0.2, -0.15) is 0 Å². The van der Waals surface area contributed by atoms with E-state index in [0.29, 0.717) is 5.76 Å². The Hall–Kier alpha value is -1.49. The average molecular weight is 270 g/mol. The predicted octanol–water partition coefficient (Wildman–Crippen LogP) is 2.18. The molecule has 19 heavy (non-hydrogen) atoms. The monoisotopic (exact) mass is 270 g/mol. The highest BCUT2D eigenvalue weighted by atomic mass is 16.5. The van der Waals surface area contributed by atoms with Crippen molar-refractivity contribution < 1.29 is 23.7 Å². The molecule has 5 nitrogen and oxygen atoms in total. The summed E-state index contributed by atoms with van der Waals surface area (Å²) in [6.45, 7) is 2.48. The van der Waals surface area contributed by atoms with Gasteiger partial charge in [0.05, 0.1) is 32.7 Å². The van der Waals surface area contributed by atoms with E-state index in [1.54, 1.807) is 20.3 Å². The van der Waals surface area contributed by atoms with Gasteiger partial charge >= 0.3 is 5.97 Å². The molecular weight excluding hydrogens is 248 g/mol. The second kappa shape index (κ2) is 8.58. The molecule has 0 aromatic carbocycles. The molecule has 1 fully saturated rings. The number of hydrogen-bond donors (Lipinski definition) is 0. The molecule has 0 bridgehead atoms. The summed E-state index contributed by atoms with van der Waals surface area (Å²) in [4.78, 5) is 11.1. The van der Waals surface area contributed by atoms with Gasteiger partial charge in [0.2, 0.25) is 0 Å². The van der Waals surface area contributed by atoms with Gasteiger partial charge in [-0.3, -0.25) is 0 Å². The number of carbonyl (C=O) groups is 1. The van der Waals surface area contributed by atoms with Crippen LogP contribution in [0.2, 0.25) is 0 Å². The van der Waals surface area contributed by atoms with E-state index in [1.165, 1.54) is 13.2 Å². The van der Waals surface area contributed by atoms with E-state index in [-0.39, 0.29) is 12.2 Å². The molecule has 0 aromatic rings. The minimum Gasteiger partial charge on any atom is -0.505 e. The quantitative estimate of drug-likeness (QED) is 0.420. The zero-order valence-corrected chi connectivity index (χ0v) is 11.8. The second-order valence-electron chi connectivity index (χ2n) is 4.33. The minimum absolute atomic E-state index is 0.0128. The molecule has 1 aliphatic heterocycles. The first-order valence-corrected chi connectivity index (χ1v) is 6.39. The van der Waals surface area contributed by atoms with E-state index in [0.717, 1.165) is 25.9 Å². The first-order valence-electron chi connectivity index (χ1n) is 6.39. The van der Waals surface area contributed by atoms with Gasteiger partial charge in [0.15, 0.2) is 0 Å². The lowest BCUT2D eigenvalue weighted by molar-refractivity contribution is -0.135. The van der Waals surface area contributed by atoms with Gasteiger partial charge in [0.1, 0.15) is 11.9 Å². The van der Waals surface area contributed by atoms with Crippen LogP contribution in [0.3, 0.4) is 0 Å². The maximum absolute atomic E-state index is 11.1. The summed E-state index contributed by atoms with van der Waals surface area (Å²) < 4.78 is 20.9. The number of methoxy groups -OCH3 is 2. The lowest BCUT2D eigenvalue weighted by Crippen LogP contribution is -2.35. The van der Waals surface area contributed by atoms with Crippen LogP contribution in [0.4, 0.5) is 0 Å². The third kappa shape index (κ3) is 5.79. The van der Waals surface area contributed by atoms with Gasteiger partial charge in [0.25, 0.3) is 0 Å². The molecule has 0 saturated carbocycles. The Morgan fingerprint density at radius 1 is 1.42 bits per heavy atom. The van der Waals surface area contributed by atoms with Gasteiger partial charge < -0.3 is 18.9 Å². The molecular formula is C14H22O5. The van der Waals surface area contributed by atoms with Crippen molar-refractivity contribution in [2.45, 2.75) is 38.4 Å². The Morgan fingerprint density at radius 2 is 2.21 bits per heavy atom. The van der Waals surface area contributed by atoms with E-state index < -0.39 is 5.97 Å². The SMILES string of the molecule is CO/C=C/C[C@H]1OCCC[C@@H]1O/C(C)=C/C(=O)OC. The normalized spacial score (nSPS) is 24.3. The van der Waals surface area contributed by atoms with E-state index in [2.05, 4.69) is 4.74 Å². The number of allylic oxidation sites excluding steroid dienone is 1. The molecule has 1 rings (SSSR count). The Morgan fingerprint density at radius 3 is 2.89 bits per heavy atom. The fourth-order valence-electron chi connectivity index (χ4n) is 1.95. The van der Waals surface area contributed by atoms with Gasteiger partial charge in [-0.05, 0) is 32.3 Å². The van der Waals surface area contributed by atoms with Crippen molar-refractivity contribution in [1.82, 2.24) is 0 Å². The first kappa shape index (κ1) is 15.6. The molecule has 0 unspecified atom stereocenters. The predicted molar refractivity (Wildman–Crippen MR) is 70.4 cm³/mol. The van der Waals surface area contributed by atoms with Crippen LogP contribution in [0.5, 0.6) is 0 Å². The van der Waals surface area contributed by atoms with E-state index in [9.17, 15) is 4.79 Å². The molecule has 0 spiro atoms. The summed E-state index contributed by atoms with van der Waals surface area (Å²) >= 11 is 0. The van der Waals surface area contributed by atoms with Crippen molar-refractivity contribution >= 4 is 5.97 Å². The van der Waals surface area contributed by atoms with Crippen molar-refractivity contribution in [2.75, 3.05) is 20.8 Å². The van der Waals surface area contributed by atoms with Crippen LogP contribution >= 0.6 is 0 Å². The standard InChI is InChI=1S/C14H22O5/c1-11(10-14(15)17-3)19-13-7-5-9-18-12(13)6-4-8-16-2/h4,8,10,12-13H,5-7,9H2,1-3H3/b8-4+,11-10+/t12-,13+/m1/s1. The number of carbonyl (C=O) groups excluding carboxylic acids is 1. The summed E-state index contributed by atoms with van der Waals surface area (Å²) in [6, 6.07) is 0. The molecule has 1 aliphatic rings. The maximum atomic E-state index is 11.1. The summed E-state index contributed by atoms with van der Waals surface area (Å²) in [5.41, 5.74) is 0. The Bertz CT molecular complexity index is 335. The number of esters is 1. The van der Waals surface area contributed by atoms with Crippen LogP contribution in [0.1, 0.15) is 26.2 Å². The first-order chi connectivity index (χ1) is 9.17. The van der Waals surface area contributed by atoms with Gasteiger partial charge in [-0.25, -0.2) is 4.79 Å². The van der Waals surface area contributed by atoms with Crippen molar-refractivity contribution in [2.24, 2.45) is 0 Å². The molecule has 0 amide bonds. The lowest BCUT2D eigenvalue weighted by atomic mass is 10.0. The van der Waals surface area contributed by atoms with E-state index >= 15 is 0 Å². The third-order valence-electron chi connectivity index (χ3n) is 2.84. The van der Waals surface area contributed by atoms with Gasteiger partial charge in [-0.15, -0.1) is 0 Å². The molecule has 0 N–H and O–H groups in total. The lowest BCUT2D eigenvalue weighted by Gasteiger charge is -2.31. The molecule has 108 valence electrons. The molecule has 0 aliphatic carbocycles. The smallest absolute Gasteiger partial charge is 0.333 e. The molecule has 0 radical (unpaired) electrons. The van der Waals surface area contributed by atoms with E-state index in [1.807, 2.05) is 6.08 Å². The topological polar surface area (TPSA) is 54.0 Å². The zero-order valence-electron chi connectivity index (χ0n) is 11.8. The van der Waals surface area contributed by atoms with Crippen LogP contribution in [-0.2, 0) is 23.7 Å². The van der Waals surface area contributed by atoms with Gasteiger partial charge in [0, 0.05) is 6.61 Å². The van der Waals surface area contributed by atoms with Crippen molar-refractivity contribution in [1.29, 1.82) is 0 Å². The highest BCUT2D eigenvalue weighted by Gasteiger charge is 2.26. The average Bonchev–Trinajstić information content (AvgIpc) is 2.40. The zero-order chi connectivity index (χ0) is 14.1. The molecule has 5 heteroatoms. The van der Waals surface area contributed by atoms with Gasteiger partial charge in [-0.1, -0.05) is 0 Å². The third-order valence-corrected chi connectivity index (χ3v) is 2.84. The summed E-state index contributed by atoms with van der Waals surface area (Å²) in [5, 5.41) is 0. The number of rotatable bonds is 6. The largest absolute Gasteiger partial charge is 0.505 e. The van der Waals surface area contributed by atoms with Crippen molar-refractivity contribution in [3.63, 3.8) is 0 Å². The van der Waals surface area contributed by atoms with Crippen LogP contribution in [0.15, 0.2) is 24.2 Å². The summed E-state index contributed by atoms with van der Waals surface area (Å²) in [5.74, 6) is 0.133. The summed E-state index contributed by atoms with van der Waals surface area (Å²) in [6.07, 6.45) is 7.43. The highest BCUT2D eigenvalue weighted by molar-refractivity contribution is 5.82. The Labute approximate surface area is 114 Å². The maximum Gasteiger partial charge on any atom is 0.333 e. The molecule has 1 heterocycles. The van der Waals surface area contributed by atoms with Crippen LogP contribution < -0.4 is 0 Å². The molecule has 0 aromatic heterocycles. The van der Waals surface area contributed by atoms with Crippen LogP contribution in [-0.4, -0.2) is 39.0 Å². The Kier molecular flexibility index (Phi) is 7.03. The van der Waals surface area contributed by atoms with Crippen molar-refractivity contribution in [3.8, 4) is 0 Å². The molecule has 2 atom stereocenters. The molecule has 1 saturated heterocycles. The minimum atomic E-state index is -0.412. The Balaban J connectivity index is 2.54. The number of hydrogen-bond acceptors (Lipinski definition) is 5. The van der Waals surface area contributed by atoms with Crippen LogP contribution in [0, 0.1) is 0 Å². The summed E-state index contributed by atoms with van der Waals surface area (Å²) in [7, 11) is 2.95. The fraction of sp³-hybridized carbons (Fsp3) is 0.643. The fourth-order valence-corrected chi connectivity index (χ4v) is 1.95. The second-order valence-corrected chi connectivity index (χ2v) is 4.33. The van der Waals surface area contributed by atoms with Crippen molar-refractivity contribution in [3.05, 3.63) is 24.2 Å². The van der Waals surface area contributed by atoms with Crippen LogP contribution in [0.25, 0.3) is 0 Å².